The van der Waals surface area contributed by atoms with Crippen molar-refractivity contribution in [3.05, 3.63) is 119 Å². The molecule has 1 aliphatic heterocycles. The van der Waals surface area contributed by atoms with E-state index in [2.05, 4.69) is 10.6 Å². The molecule has 3 aromatic carbocycles. The van der Waals surface area contributed by atoms with Crippen LogP contribution in [-0.4, -0.2) is 152 Å². The third kappa shape index (κ3) is 14.6. The molecule has 3 aromatic rings. The number of hydrogen-bond acceptors (Lipinski definition) is 20. The smallest absolute Gasteiger partial charge is 0.350 e. The number of fused-ring (bicyclic) bond motifs is 5. The number of esters is 5. The number of carbonyl (C=O) groups excluding carboxylic acids is 10. The molecule has 2 saturated carbocycles. The summed E-state index contributed by atoms with van der Waals surface area (Å²) in [5.74, 6) is -15.6. The van der Waals surface area contributed by atoms with Gasteiger partial charge in [0.15, 0.2) is 23.3 Å². The Morgan fingerprint density at radius 1 is 0.722 bits per heavy atom. The molecule has 2 bridgehead atoms. The molecule has 7 rings (SSSR count). The fourth-order valence-corrected chi connectivity index (χ4v) is 13.3. The zero-order valence-electron chi connectivity index (χ0n) is 51.4. The highest BCUT2D eigenvalue weighted by Gasteiger charge is 2.78. The maximum atomic E-state index is 15.9. The Hall–Kier alpha value is -8.48. The van der Waals surface area contributed by atoms with Crippen molar-refractivity contribution in [1.82, 2.24) is 10.6 Å². The van der Waals surface area contributed by atoms with Gasteiger partial charge in [-0.05, 0) is 87.4 Å². The van der Waals surface area contributed by atoms with E-state index in [1.807, 2.05) is 0 Å². The Bertz CT molecular complexity index is 3280. The minimum atomic E-state index is -2.61. The third-order valence-electron chi connectivity index (χ3n) is 18.4. The zero-order chi connectivity index (χ0) is 66.2. The van der Waals surface area contributed by atoms with Crippen LogP contribution in [-0.2, 0) is 76.4 Å². The number of ketones is 3. The molecular formula is C66H78N2O22. The van der Waals surface area contributed by atoms with Gasteiger partial charge in [0.05, 0.1) is 35.6 Å². The summed E-state index contributed by atoms with van der Waals surface area (Å²) in [7, 11) is 0. The highest BCUT2D eigenvalue weighted by molar-refractivity contribution is 5.97. The van der Waals surface area contributed by atoms with Gasteiger partial charge in [0.1, 0.15) is 35.7 Å². The van der Waals surface area contributed by atoms with Crippen LogP contribution < -0.4 is 10.6 Å². The summed E-state index contributed by atoms with van der Waals surface area (Å²) in [4.78, 5) is 166. The number of ether oxygens (including phenoxy) is 6. The van der Waals surface area contributed by atoms with Gasteiger partial charge in [0, 0.05) is 75.2 Å². The van der Waals surface area contributed by atoms with Crippen LogP contribution in [0.2, 0.25) is 0 Å². The Labute approximate surface area is 519 Å². The van der Waals surface area contributed by atoms with Crippen molar-refractivity contribution in [3.8, 4) is 0 Å². The van der Waals surface area contributed by atoms with Crippen LogP contribution in [0.3, 0.4) is 0 Å². The van der Waals surface area contributed by atoms with Crippen LogP contribution >= 0.6 is 0 Å². The summed E-state index contributed by atoms with van der Waals surface area (Å²) in [5.41, 5.74) is -8.49. The minimum Gasteiger partial charge on any atom is -0.481 e. The van der Waals surface area contributed by atoms with Gasteiger partial charge in [-0.1, -0.05) is 87.5 Å². The molecule has 1 saturated heterocycles. The van der Waals surface area contributed by atoms with Gasteiger partial charge in [-0.15, -0.1) is 0 Å². The number of Topliss-reactive ketones (excluding diaryl/α,β-unsaturated/α-hetero) is 3. The van der Waals surface area contributed by atoms with Crippen LogP contribution in [0.1, 0.15) is 152 Å². The molecular weight excluding hydrogens is 1170 g/mol. The van der Waals surface area contributed by atoms with Gasteiger partial charge in [-0.3, -0.25) is 47.9 Å². The lowest BCUT2D eigenvalue weighted by Gasteiger charge is -2.67. The first-order valence-corrected chi connectivity index (χ1v) is 29.9. The number of carboxylic acids is 2. The van der Waals surface area contributed by atoms with Crippen LogP contribution in [0.25, 0.3) is 0 Å². The molecule has 6 N–H and O–H groups in total. The monoisotopic (exact) mass is 1250 g/mol. The summed E-state index contributed by atoms with van der Waals surface area (Å²) in [6.07, 6.45) is -14.9. The van der Waals surface area contributed by atoms with Gasteiger partial charge in [-0.2, -0.15) is 0 Å². The second-order valence-electron chi connectivity index (χ2n) is 24.4. The van der Waals surface area contributed by atoms with E-state index in [1.54, 1.807) is 61.5 Å². The van der Waals surface area contributed by atoms with E-state index in [0.29, 0.717) is 0 Å². The summed E-state index contributed by atoms with van der Waals surface area (Å²) < 4.78 is 37.1. The second kappa shape index (κ2) is 28.6. The maximum absolute atomic E-state index is 15.9. The van der Waals surface area contributed by atoms with Gasteiger partial charge < -0.3 is 59.5 Å². The largest absolute Gasteiger partial charge is 0.481 e. The van der Waals surface area contributed by atoms with E-state index in [0.717, 1.165) is 13.8 Å². The van der Waals surface area contributed by atoms with E-state index in [-0.39, 0.29) is 53.5 Å². The van der Waals surface area contributed by atoms with Crippen molar-refractivity contribution in [2.45, 2.75) is 180 Å². The SMILES string of the molecule is CCC(CCC(=O)O)C(=O)N[C@@H](CCC(=O)OC(C(=O)OC1C[C@@]2(O)C(OC(=O)c3ccccc3)C3[C@](C)(C(=O)[C@H](OC(C)=O)C(=C1C)C2(C)C)[C@@H](O)C[C@H]1OC[C@@]31OC(C)=O)C(NC(=O)c1ccccc1)c1ccccc1)C(=O)CC(CCC(=O)O)C(C)=O. The molecule has 3 fully saturated rings. The van der Waals surface area contributed by atoms with E-state index in [1.165, 1.54) is 71.0 Å². The molecule has 24 nitrogen and oxygen atoms in total. The molecule has 3 aliphatic carbocycles. The topological polar surface area (TPSA) is 365 Å². The lowest BCUT2D eigenvalue weighted by Crippen LogP contribution is -2.82. The Morgan fingerprint density at radius 2 is 1.30 bits per heavy atom. The van der Waals surface area contributed by atoms with Crippen LogP contribution in [0, 0.1) is 28.6 Å². The van der Waals surface area contributed by atoms with E-state index < -0.39 is 205 Å². The number of carbonyl (C=O) groups is 12. The number of carboxylic acid groups (broad SMARTS) is 2. The lowest BCUT2D eigenvalue weighted by atomic mass is 9.44. The third-order valence-corrected chi connectivity index (χ3v) is 18.4. The number of benzene rings is 3. The average Bonchev–Trinajstić information content (AvgIpc) is 0.671. The molecule has 90 heavy (non-hydrogen) atoms. The first kappa shape index (κ1) is 69.0. The first-order chi connectivity index (χ1) is 42.4. The molecule has 0 radical (unpaired) electrons. The zero-order valence-corrected chi connectivity index (χ0v) is 51.4. The molecule has 484 valence electrons. The van der Waals surface area contributed by atoms with E-state index >= 15 is 9.59 Å². The van der Waals surface area contributed by atoms with Crippen LogP contribution in [0.5, 0.6) is 0 Å². The summed E-state index contributed by atoms with van der Waals surface area (Å²) in [5, 5.41) is 50.6. The summed E-state index contributed by atoms with van der Waals surface area (Å²) >= 11 is 0. The number of hydrogen-bond donors (Lipinski definition) is 6. The quantitative estimate of drug-likeness (QED) is 0.0313. The van der Waals surface area contributed by atoms with Crippen molar-refractivity contribution < 1.29 is 106 Å². The van der Waals surface area contributed by atoms with Crippen LogP contribution in [0.15, 0.2) is 102 Å². The predicted molar refractivity (Wildman–Crippen MR) is 314 cm³/mol. The van der Waals surface area contributed by atoms with Crippen molar-refractivity contribution >= 4 is 70.9 Å². The van der Waals surface area contributed by atoms with Crippen molar-refractivity contribution in [1.29, 1.82) is 0 Å². The van der Waals surface area contributed by atoms with E-state index in [4.69, 9.17) is 28.4 Å². The molecule has 14 atom stereocenters. The normalized spacial score (nSPS) is 26.4. The fraction of sp³-hybridized carbons (Fsp3) is 0.515. The van der Waals surface area contributed by atoms with E-state index in [9.17, 15) is 68.4 Å². The number of aliphatic hydroxyl groups is 2. The van der Waals surface area contributed by atoms with Crippen molar-refractivity contribution in [3.63, 3.8) is 0 Å². The van der Waals surface area contributed by atoms with Gasteiger partial charge in [-0.25, -0.2) is 9.59 Å². The lowest BCUT2D eigenvalue weighted by molar-refractivity contribution is -0.346. The number of nitrogens with one attached hydrogen (secondary N) is 2. The highest BCUT2D eigenvalue weighted by Crippen LogP contribution is 2.64. The first-order valence-electron chi connectivity index (χ1n) is 29.9. The predicted octanol–water partition coefficient (Wildman–Crippen LogP) is 5.47. The minimum absolute atomic E-state index is 0.00498. The second-order valence-corrected chi connectivity index (χ2v) is 24.4. The van der Waals surface area contributed by atoms with Crippen molar-refractivity contribution in [2.24, 2.45) is 28.6 Å². The molecule has 4 aliphatic rings. The molecule has 0 spiro atoms. The standard InChI is InChI=1S/C66H78N2O22/c1-9-39(25-28-49(74)75)59(80)67-44(45(72)31-43(36(3)69)26-29-50(76)77)27-30-51(78)88-55(53(40-19-13-10-14-20-40)68-60(81)41-21-15-11-16-22-41)62(83)87-46-33-66(84)58(89-61(82)42-23-17-12-18-24-42)56-64(8,47(73)32-48-65(56,34-85-48)90-38(5)71)57(79)54(86-37(4)70)52(35(46)2)63(66,6)7/h10-24,39,43-44,46-48,53-56,58,73,84H,9,25-34H2,1-8H3,(H,67,80)(H,68,81)(H,74,75)(H,76,77)/t39?,43?,44-,46?,47-,48+,53?,54+,55?,56?,58?,64+,65-,66+/m0/s1. The number of rotatable bonds is 27. The fourth-order valence-electron chi connectivity index (χ4n) is 13.3. The Morgan fingerprint density at radius 3 is 1.83 bits per heavy atom. The Kier molecular flexibility index (Phi) is 21.9. The van der Waals surface area contributed by atoms with Crippen molar-refractivity contribution in [2.75, 3.05) is 6.61 Å². The number of amides is 2. The van der Waals surface area contributed by atoms with Gasteiger partial charge in [0.2, 0.25) is 12.0 Å². The average molecular weight is 1250 g/mol. The maximum Gasteiger partial charge on any atom is 0.350 e. The van der Waals surface area contributed by atoms with Crippen LogP contribution in [0.4, 0.5) is 0 Å². The number of aliphatic carboxylic acids is 2. The molecule has 1 heterocycles. The van der Waals surface area contributed by atoms with Gasteiger partial charge in [0.25, 0.3) is 5.91 Å². The molecule has 0 aromatic heterocycles. The Balaban J connectivity index is 1.36. The number of aliphatic hydroxyl groups excluding tert-OH is 1. The van der Waals surface area contributed by atoms with Gasteiger partial charge >= 0.3 is 41.8 Å². The molecule has 7 unspecified atom stereocenters. The highest BCUT2D eigenvalue weighted by atomic mass is 16.6. The molecule has 24 heteroatoms. The summed E-state index contributed by atoms with van der Waals surface area (Å²) in [6.45, 7) is 10.2. The molecule has 2 amide bonds. The summed E-state index contributed by atoms with van der Waals surface area (Å²) in [6, 6.07) is 19.8.